The highest BCUT2D eigenvalue weighted by Gasteiger charge is 2.40. The second-order valence-electron chi connectivity index (χ2n) is 4.46. The molecular weight excluding hydrogens is 150 g/mol. The van der Waals surface area contributed by atoms with Crippen LogP contribution >= 0.6 is 0 Å². The van der Waals surface area contributed by atoms with Crippen molar-refractivity contribution in [2.24, 2.45) is 11.8 Å². The summed E-state index contributed by atoms with van der Waals surface area (Å²) in [5, 5.41) is 12.6. The maximum absolute atomic E-state index is 9.14. The van der Waals surface area contributed by atoms with Gasteiger partial charge in [0.1, 0.15) is 0 Å². The van der Waals surface area contributed by atoms with E-state index in [1.54, 1.807) is 0 Å². The summed E-state index contributed by atoms with van der Waals surface area (Å²) in [6, 6.07) is 0.736. The summed E-state index contributed by atoms with van der Waals surface area (Å²) in [7, 11) is 0. The monoisotopic (exact) mass is 169 g/mol. The highest BCUT2D eigenvalue weighted by atomic mass is 16.3. The van der Waals surface area contributed by atoms with Gasteiger partial charge in [0.2, 0.25) is 0 Å². The lowest BCUT2D eigenvalue weighted by atomic mass is 10.1. The van der Waals surface area contributed by atoms with E-state index >= 15 is 0 Å². The average molecular weight is 169 g/mol. The van der Waals surface area contributed by atoms with E-state index in [0.29, 0.717) is 0 Å². The summed E-state index contributed by atoms with van der Waals surface area (Å²) in [5.74, 6) is 1.88. The lowest BCUT2D eigenvalue weighted by Crippen LogP contribution is -2.37. The SMILES string of the molecule is C[C@H](O)CNC(C1CC1)C1CC1. The molecule has 2 aliphatic rings. The van der Waals surface area contributed by atoms with Gasteiger partial charge < -0.3 is 10.4 Å². The van der Waals surface area contributed by atoms with Crippen LogP contribution in [-0.2, 0) is 0 Å². The molecule has 2 heteroatoms. The van der Waals surface area contributed by atoms with Crippen molar-refractivity contribution in [3.05, 3.63) is 0 Å². The molecule has 0 radical (unpaired) electrons. The summed E-state index contributed by atoms with van der Waals surface area (Å²) in [4.78, 5) is 0. The molecule has 1 atom stereocenters. The van der Waals surface area contributed by atoms with E-state index in [1.165, 1.54) is 25.7 Å². The zero-order valence-corrected chi connectivity index (χ0v) is 7.79. The number of nitrogens with one attached hydrogen (secondary N) is 1. The van der Waals surface area contributed by atoms with Gasteiger partial charge in [-0.1, -0.05) is 0 Å². The first-order chi connectivity index (χ1) is 5.77. The van der Waals surface area contributed by atoms with Crippen molar-refractivity contribution in [3.8, 4) is 0 Å². The van der Waals surface area contributed by atoms with Crippen molar-refractivity contribution in [2.45, 2.75) is 44.8 Å². The van der Waals surface area contributed by atoms with Crippen molar-refractivity contribution in [1.82, 2.24) is 5.32 Å². The highest BCUT2D eigenvalue weighted by molar-refractivity contribution is 4.96. The minimum absolute atomic E-state index is 0.190. The smallest absolute Gasteiger partial charge is 0.0636 e. The quantitative estimate of drug-likeness (QED) is 0.647. The van der Waals surface area contributed by atoms with Crippen LogP contribution in [0.5, 0.6) is 0 Å². The second kappa shape index (κ2) is 3.35. The van der Waals surface area contributed by atoms with Crippen molar-refractivity contribution < 1.29 is 5.11 Å². The van der Waals surface area contributed by atoms with Gasteiger partial charge in [0.25, 0.3) is 0 Å². The lowest BCUT2D eigenvalue weighted by Gasteiger charge is -2.18. The molecule has 0 unspecified atom stereocenters. The fraction of sp³-hybridized carbons (Fsp3) is 1.00. The number of hydrogen-bond acceptors (Lipinski definition) is 2. The molecule has 12 heavy (non-hydrogen) atoms. The topological polar surface area (TPSA) is 32.3 Å². The normalized spacial score (nSPS) is 26.2. The Labute approximate surface area is 74.4 Å². The first-order valence-corrected chi connectivity index (χ1v) is 5.19. The maximum atomic E-state index is 9.14. The Bertz CT molecular complexity index is 138. The summed E-state index contributed by atoms with van der Waals surface area (Å²) in [6.45, 7) is 2.63. The molecule has 0 aliphatic heterocycles. The first-order valence-electron chi connectivity index (χ1n) is 5.19. The van der Waals surface area contributed by atoms with Gasteiger partial charge in [0, 0.05) is 12.6 Å². The first kappa shape index (κ1) is 8.52. The van der Waals surface area contributed by atoms with Crippen molar-refractivity contribution >= 4 is 0 Å². The van der Waals surface area contributed by atoms with Gasteiger partial charge in [-0.2, -0.15) is 0 Å². The molecule has 0 spiro atoms. The molecule has 0 heterocycles. The van der Waals surface area contributed by atoms with Crippen LogP contribution in [0, 0.1) is 11.8 Å². The van der Waals surface area contributed by atoms with Crippen molar-refractivity contribution in [2.75, 3.05) is 6.54 Å². The summed E-state index contributed by atoms with van der Waals surface area (Å²) < 4.78 is 0. The van der Waals surface area contributed by atoms with Crippen LogP contribution in [0.3, 0.4) is 0 Å². The number of hydrogen-bond donors (Lipinski definition) is 2. The molecule has 0 aromatic carbocycles. The molecule has 0 aromatic rings. The predicted octanol–water partition coefficient (Wildman–Crippen LogP) is 1.15. The fourth-order valence-electron chi connectivity index (χ4n) is 1.94. The van der Waals surface area contributed by atoms with Crippen molar-refractivity contribution in [3.63, 3.8) is 0 Å². The molecule has 2 rings (SSSR count). The van der Waals surface area contributed by atoms with Gasteiger partial charge in [0.15, 0.2) is 0 Å². The minimum Gasteiger partial charge on any atom is -0.392 e. The molecule has 2 fully saturated rings. The molecule has 2 saturated carbocycles. The standard InChI is InChI=1S/C10H19NO/c1-7(12)6-11-10(8-2-3-8)9-4-5-9/h7-12H,2-6H2,1H3/t7-/m0/s1. The van der Waals surface area contributed by atoms with Crippen LogP contribution in [0.25, 0.3) is 0 Å². The van der Waals surface area contributed by atoms with Crippen LogP contribution in [-0.4, -0.2) is 23.8 Å². The summed E-state index contributed by atoms with van der Waals surface area (Å²) in [6.07, 6.45) is 5.45. The van der Waals surface area contributed by atoms with E-state index in [1.807, 2.05) is 6.92 Å². The van der Waals surface area contributed by atoms with Gasteiger partial charge in [-0.3, -0.25) is 0 Å². The minimum atomic E-state index is -0.190. The van der Waals surface area contributed by atoms with Crippen LogP contribution in [0.1, 0.15) is 32.6 Å². The maximum Gasteiger partial charge on any atom is 0.0636 e. The van der Waals surface area contributed by atoms with E-state index in [9.17, 15) is 0 Å². The molecule has 0 amide bonds. The van der Waals surface area contributed by atoms with E-state index in [0.717, 1.165) is 24.4 Å². The fourth-order valence-corrected chi connectivity index (χ4v) is 1.94. The molecule has 2 aliphatic carbocycles. The van der Waals surface area contributed by atoms with Gasteiger partial charge in [-0.05, 0) is 44.4 Å². The molecule has 2 N–H and O–H groups in total. The number of rotatable bonds is 5. The predicted molar refractivity (Wildman–Crippen MR) is 48.9 cm³/mol. The zero-order chi connectivity index (χ0) is 8.55. The summed E-state index contributed by atoms with van der Waals surface area (Å²) in [5.41, 5.74) is 0. The summed E-state index contributed by atoms with van der Waals surface area (Å²) >= 11 is 0. The van der Waals surface area contributed by atoms with Crippen LogP contribution < -0.4 is 5.32 Å². The Morgan fingerprint density at radius 3 is 2.08 bits per heavy atom. The van der Waals surface area contributed by atoms with Crippen molar-refractivity contribution in [1.29, 1.82) is 0 Å². The highest BCUT2D eigenvalue weighted by Crippen LogP contribution is 2.44. The molecule has 70 valence electrons. The van der Waals surface area contributed by atoms with E-state index in [2.05, 4.69) is 5.32 Å². The zero-order valence-electron chi connectivity index (χ0n) is 7.79. The molecule has 0 saturated heterocycles. The third kappa shape index (κ3) is 2.20. The van der Waals surface area contributed by atoms with Gasteiger partial charge in [-0.15, -0.1) is 0 Å². The lowest BCUT2D eigenvalue weighted by molar-refractivity contribution is 0.181. The van der Waals surface area contributed by atoms with Crippen LogP contribution in [0.2, 0.25) is 0 Å². The molecule has 0 bridgehead atoms. The molecule has 2 nitrogen and oxygen atoms in total. The number of aliphatic hydroxyl groups is 1. The van der Waals surface area contributed by atoms with E-state index in [4.69, 9.17) is 5.11 Å². The second-order valence-corrected chi connectivity index (χ2v) is 4.46. The van der Waals surface area contributed by atoms with E-state index in [-0.39, 0.29) is 6.10 Å². The Kier molecular flexibility index (Phi) is 2.37. The Hall–Kier alpha value is -0.0800. The third-order valence-corrected chi connectivity index (χ3v) is 2.91. The third-order valence-electron chi connectivity index (χ3n) is 2.91. The van der Waals surface area contributed by atoms with Gasteiger partial charge >= 0.3 is 0 Å². The Morgan fingerprint density at radius 1 is 1.25 bits per heavy atom. The molecule has 0 aromatic heterocycles. The molecular formula is C10H19NO. The Morgan fingerprint density at radius 2 is 1.75 bits per heavy atom. The van der Waals surface area contributed by atoms with Crippen LogP contribution in [0.15, 0.2) is 0 Å². The number of aliphatic hydroxyl groups excluding tert-OH is 1. The largest absolute Gasteiger partial charge is 0.392 e. The average Bonchev–Trinajstić information content (AvgIpc) is 2.83. The van der Waals surface area contributed by atoms with E-state index < -0.39 is 0 Å². The van der Waals surface area contributed by atoms with Crippen LogP contribution in [0.4, 0.5) is 0 Å². The van der Waals surface area contributed by atoms with Gasteiger partial charge in [0.05, 0.1) is 6.10 Å². The van der Waals surface area contributed by atoms with Gasteiger partial charge in [-0.25, -0.2) is 0 Å². The Balaban J connectivity index is 1.73.